The Balaban J connectivity index is 2.00. The number of rotatable bonds is 6. The molecule has 0 atom stereocenters. The molecule has 2 heterocycles. The minimum atomic E-state index is -0.118. The third kappa shape index (κ3) is 2.74. The summed E-state index contributed by atoms with van der Waals surface area (Å²) in [5.74, 6) is 0. The van der Waals surface area contributed by atoms with Gasteiger partial charge in [-0.3, -0.25) is 4.79 Å². The second-order valence-electron chi connectivity index (χ2n) is 4.15. The summed E-state index contributed by atoms with van der Waals surface area (Å²) in [4.78, 5) is 21.2. The van der Waals surface area contributed by atoms with Crippen molar-refractivity contribution >= 4 is 11.0 Å². The van der Waals surface area contributed by atoms with Crippen LogP contribution in [0.4, 0.5) is 0 Å². The van der Waals surface area contributed by atoms with E-state index in [4.69, 9.17) is 0 Å². The first-order valence-electron chi connectivity index (χ1n) is 6.07. The lowest BCUT2D eigenvalue weighted by atomic mass is 10.2. The topological polar surface area (TPSA) is 73.6 Å². The summed E-state index contributed by atoms with van der Waals surface area (Å²) in [5, 5.41) is 3.36. The molecule has 0 fully saturated rings. The van der Waals surface area contributed by atoms with Crippen molar-refractivity contribution in [3.05, 3.63) is 28.4 Å². The van der Waals surface area contributed by atoms with Gasteiger partial charge in [0.05, 0.1) is 11.8 Å². The van der Waals surface area contributed by atoms with E-state index in [9.17, 15) is 4.79 Å². The van der Waals surface area contributed by atoms with E-state index >= 15 is 0 Å². The maximum atomic E-state index is 11.5. The lowest BCUT2D eigenvalue weighted by molar-refractivity contribution is 0.618. The first kappa shape index (κ1) is 11.9. The molecule has 5 nitrogen and oxygen atoms in total. The Bertz CT molecular complexity index is 529. The highest BCUT2D eigenvalue weighted by Crippen LogP contribution is 2.10. The number of nitrogens with one attached hydrogen (secondary N) is 3. The zero-order valence-corrected chi connectivity index (χ0v) is 10.0. The fourth-order valence-electron chi connectivity index (χ4n) is 1.86. The van der Waals surface area contributed by atoms with Crippen molar-refractivity contribution in [2.75, 3.05) is 6.54 Å². The second-order valence-corrected chi connectivity index (χ2v) is 4.15. The van der Waals surface area contributed by atoms with Crippen LogP contribution >= 0.6 is 0 Å². The zero-order chi connectivity index (χ0) is 12.1. The Morgan fingerprint density at radius 3 is 3.06 bits per heavy atom. The van der Waals surface area contributed by atoms with E-state index in [0.29, 0.717) is 5.52 Å². The number of hydrogen-bond donors (Lipinski definition) is 3. The molecule has 0 radical (unpaired) electrons. The monoisotopic (exact) mass is 234 g/mol. The predicted molar refractivity (Wildman–Crippen MR) is 67.9 cm³/mol. The first-order valence-corrected chi connectivity index (χ1v) is 6.07. The maximum Gasteiger partial charge on any atom is 0.275 e. The Hall–Kier alpha value is -1.62. The normalized spacial score (nSPS) is 11.1. The number of hydrogen-bond acceptors (Lipinski definition) is 3. The smallest absolute Gasteiger partial charge is 0.275 e. The van der Waals surface area contributed by atoms with Crippen LogP contribution in [-0.2, 0) is 6.54 Å². The van der Waals surface area contributed by atoms with Crippen molar-refractivity contribution in [2.24, 2.45) is 0 Å². The zero-order valence-electron chi connectivity index (χ0n) is 10.0. The number of H-pyrrole nitrogens is 2. The summed E-state index contributed by atoms with van der Waals surface area (Å²) in [6, 6.07) is 0. The van der Waals surface area contributed by atoms with Crippen LogP contribution in [0.2, 0.25) is 0 Å². The van der Waals surface area contributed by atoms with Crippen molar-refractivity contribution in [1.82, 2.24) is 20.3 Å². The minimum absolute atomic E-state index is 0.118. The number of fused-ring (bicyclic) bond motifs is 1. The van der Waals surface area contributed by atoms with Gasteiger partial charge < -0.3 is 15.3 Å². The van der Waals surface area contributed by atoms with Crippen LogP contribution in [0, 0.1) is 0 Å². The molecule has 0 saturated heterocycles. The Kier molecular flexibility index (Phi) is 3.93. The highest BCUT2D eigenvalue weighted by Gasteiger charge is 2.06. The van der Waals surface area contributed by atoms with Gasteiger partial charge in [-0.1, -0.05) is 19.8 Å². The van der Waals surface area contributed by atoms with E-state index in [1.807, 2.05) is 6.20 Å². The molecule has 0 spiro atoms. The van der Waals surface area contributed by atoms with Gasteiger partial charge >= 0.3 is 0 Å². The van der Waals surface area contributed by atoms with Crippen LogP contribution in [0.25, 0.3) is 11.0 Å². The average Bonchev–Trinajstić information content (AvgIpc) is 2.74. The van der Waals surface area contributed by atoms with E-state index in [1.165, 1.54) is 25.6 Å². The van der Waals surface area contributed by atoms with Gasteiger partial charge in [-0.15, -0.1) is 0 Å². The van der Waals surface area contributed by atoms with E-state index in [1.54, 1.807) is 0 Å². The molecule has 3 N–H and O–H groups in total. The summed E-state index contributed by atoms with van der Waals surface area (Å²) in [6.45, 7) is 3.94. The lowest BCUT2D eigenvalue weighted by Gasteiger charge is -2.02. The van der Waals surface area contributed by atoms with E-state index < -0.39 is 0 Å². The van der Waals surface area contributed by atoms with Crippen LogP contribution in [-0.4, -0.2) is 21.5 Å². The third-order valence-electron chi connectivity index (χ3n) is 2.82. The molecule has 0 unspecified atom stereocenters. The fraction of sp³-hybridized carbons (Fsp3) is 0.500. The molecule has 92 valence electrons. The Morgan fingerprint density at radius 1 is 1.35 bits per heavy atom. The average molecular weight is 234 g/mol. The van der Waals surface area contributed by atoms with Gasteiger partial charge in [-0.2, -0.15) is 0 Å². The van der Waals surface area contributed by atoms with Crippen LogP contribution in [0.5, 0.6) is 0 Å². The minimum Gasteiger partial charge on any atom is -0.355 e. The summed E-state index contributed by atoms with van der Waals surface area (Å²) in [7, 11) is 0. The highest BCUT2D eigenvalue weighted by atomic mass is 16.1. The number of nitrogens with zero attached hydrogens (tertiary/aromatic N) is 1. The Labute approximate surface area is 99.7 Å². The van der Waals surface area contributed by atoms with E-state index in [-0.39, 0.29) is 5.56 Å². The van der Waals surface area contributed by atoms with Crippen LogP contribution in [0.15, 0.2) is 17.3 Å². The molecule has 2 rings (SSSR count). The quantitative estimate of drug-likeness (QED) is 0.664. The predicted octanol–water partition coefficient (Wildman–Crippen LogP) is 1.53. The molecule has 0 aliphatic heterocycles. The van der Waals surface area contributed by atoms with E-state index in [2.05, 4.69) is 27.2 Å². The molecule has 2 aromatic rings. The summed E-state index contributed by atoms with van der Waals surface area (Å²) >= 11 is 0. The van der Waals surface area contributed by atoms with Crippen LogP contribution < -0.4 is 10.9 Å². The molecule has 0 amide bonds. The molecule has 0 bridgehead atoms. The molecular weight excluding hydrogens is 216 g/mol. The van der Waals surface area contributed by atoms with Gasteiger partial charge in [0.25, 0.3) is 5.56 Å². The van der Waals surface area contributed by atoms with Crippen molar-refractivity contribution in [2.45, 2.75) is 32.7 Å². The van der Waals surface area contributed by atoms with Crippen molar-refractivity contribution in [3.8, 4) is 0 Å². The molecule has 0 aliphatic carbocycles. The highest BCUT2D eigenvalue weighted by molar-refractivity contribution is 5.77. The maximum absolute atomic E-state index is 11.5. The standard InChI is InChI=1S/C12H18N4O/c1-2-3-4-5-13-6-9-7-14-11-10(9)15-8-16-12(11)17/h7-8,13-14H,2-6H2,1H3,(H,15,16,17). The van der Waals surface area contributed by atoms with Crippen LogP contribution in [0.1, 0.15) is 31.7 Å². The molecule has 5 heteroatoms. The SMILES string of the molecule is CCCCCNCc1c[nH]c2c(=O)[nH]cnc12. The van der Waals surface area contributed by atoms with E-state index in [0.717, 1.165) is 24.2 Å². The van der Waals surface area contributed by atoms with Gasteiger partial charge in [0.15, 0.2) is 0 Å². The molecular formula is C12H18N4O. The van der Waals surface area contributed by atoms with Crippen molar-refractivity contribution in [3.63, 3.8) is 0 Å². The van der Waals surface area contributed by atoms with Gasteiger partial charge in [0.2, 0.25) is 0 Å². The van der Waals surface area contributed by atoms with Crippen molar-refractivity contribution < 1.29 is 0 Å². The molecule has 0 aliphatic rings. The van der Waals surface area contributed by atoms with Crippen LogP contribution in [0.3, 0.4) is 0 Å². The van der Waals surface area contributed by atoms with Gasteiger partial charge in [-0.05, 0) is 13.0 Å². The summed E-state index contributed by atoms with van der Waals surface area (Å²) in [5.41, 5.74) is 2.24. The molecule has 0 aromatic carbocycles. The molecule has 2 aromatic heterocycles. The van der Waals surface area contributed by atoms with Gasteiger partial charge in [-0.25, -0.2) is 4.98 Å². The largest absolute Gasteiger partial charge is 0.355 e. The number of aromatic nitrogens is 3. The number of unbranched alkanes of at least 4 members (excludes halogenated alkanes) is 2. The van der Waals surface area contributed by atoms with Gasteiger partial charge in [0, 0.05) is 18.3 Å². The summed E-state index contributed by atoms with van der Waals surface area (Å²) in [6.07, 6.45) is 6.95. The van der Waals surface area contributed by atoms with Crippen molar-refractivity contribution in [1.29, 1.82) is 0 Å². The third-order valence-corrected chi connectivity index (χ3v) is 2.82. The summed E-state index contributed by atoms with van der Waals surface area (Å²) < 4.78 is 0. The fourth-order valence-corrected chi connectivity index (χ4v) is 1.86. The first-order chi connectivity index (χ1) is 8.33. The number of aromatic amines is 2. The second kappa shape index (κ2) is 5.63. The molecule has 17 heavy (non-hydrogen) atoms. The van der Waals surface area contributed by atoms with Gasteiger partial charge in [0.1, 0.15) is 5.52 Å². The molecule has 0 saturated carbocycles. The lowest BCUT2D eigenvalue weighted by Crippen LogP contribution is -2.14. The Morgan fingerprint density at radius 2 is 2.24 bits per heavy atom.